The van der Waals surface area contributed by atoms with Gasteiger partial charge < -0.3 is 15.8 Å². The van der Waals surface area contributed by atoms with Crippen LogP contribution in [0.25, 0.3) is 0 Å². The molecule has 1 amide bonds. The van der Waals surface area contributed by atoms with Gasteiger partial charge in [-0.1, -0.05) is 26.0 Å². The Labute approximate surface area is 153 Å². The predicted molar refractivity (Wildman–Crippen MR) is 100 cm³/mol. The Hall–Kier alpha value is -1.63. The van der Waals surface area contributed by atoms with Gasteiger partial charge in [0.25, 0.3) is 5.91 Å². The molecule has 0 fully saturated rings. The van der Waals surface area contributed by atoms with E-state index in [0.29, 0.717) is 25.2 Å². The highest BCUT2D eigenvalue weighted by Gasteiger charge is 2.22. The monoisotopic (exact) mass is 369 g/mol. The molecule has 0 aliphatic heterocycles. The number of nitrogens with two attached hydrogens (primary N) is 1. The normalized spacial score (nSPS) is 10.8. The van der Waals surface area contributed by atoms with Gasteiger partial charge in [-0.3, -0.25) is 4.79 Å². The maximum absolute atomic E-state index is 12.2. The quantitative estimate of drug-likeness (QED) is 0.786. The number of aromatic nitrogens is 1. The second-order valence-electron chi connectivity index (χ2n) is 5.96. The fraction of sp³-hybridized carbons (Fsp3) is 0.412. The number of methoxy groups -OCH3 is 1. The SMILES string of the molecule is COc1ccc(C(C)(C)CNC(=O)c2csc(CCN)n2)cc1.Cl. The van der Waals surface area contributed by atoms with Crippen molar-refractivity contribution in [2.75, 3.05) is 20.2 Å². The van der Waals surface area contributed by atoms with Crippen LogP contribution in [-0.4, -0.2) is 31.1 Å². The van der Waals surface area contributed by atoms with Gasteiger partial charge in [0.05, 0.1) is 12.1 Å². The lowest BCUT2D eigenvalue weighted by Crippen LogP contribution is -2.36. The fourth-order valence-electron chi connectivity index (χ4n) is 2.19. The van der Waals surface area contributed by atoms with E-state index >= 15 is 0 Å². The fourth-order valence-corrected chi connectivity index (χ4v) is 2.98. The number of carbonyl (C=O) groups excluding carboxylic acids is 1. The maximum Gasteiger partial charge on any atom is 0.270 e. The van der Waals surface area contributed by atoms with E-state index in [1.807, 2.05) is 24.3 Å². The lowest BCUT2D eigenvalue weighted by atomic mass is 9.84. The Morgan fingerprint density at radius 3 is 2.58 bits per heavy atom. The van der Waals surface area contributed by atoms with Gasteiger partial charge in [0, 0.05) is 23.8 Å². The molecule has 0 spiro atoms. The van der Waals surface area contributed by atoms with Crippen LogP contribution in [0, 0.1) is 0 Å². The van der Waals surface area contributed by atoms with Crippen LogP contribution in [0.4, 0.5) is 0 Å². The van der Waals surface area contributed by atoms with Crippen molar-refractivity contribution in [3.05, 3.63) is 45.9 Å². The number of carbonyl (C=O) groups is 1. The highest BCUT2D eigenvalue weighted by atomic mass is 35.5. The van der Waals surface area contributed by atoms with Gasteiger partial charge in [0.1, 0.15) is 11.4 Å². The Kier molecular flexibility index (Phi) is 7.66. The van der Waals surface area contributed by atoms with E-state index in [0.717, 1.165) is 16.3 Å². The lowest BCUT2D eigenvalue weighted by Gasteiger charge is -2.25. The standard InChI is InChI=1S/C17H23N3O2S.ClH/c1-17(2,12-4-6-13(22-3)7-5-12)11-19-16(21)14-10-23-15(20-14)8-9-18;/h4-7,10H,8-9,11,18H2,1-3H3,(H,19,21);1H. The summed E-state index contributed by atoms with van der Waals surface area (Å²) in [7, 11) is 1.65. The Morgan fingerprint density at radius 1 is 1.33 bits per heavy atom. The van der Waals surface area contributed by atoms with Crippen LogP contribution in [0.2, 0.25) is 0 Å². The van der Waals surface area contributed by atoms with Crippen LogP contribution >= 0.6 is 23.7 Å². The molecule has 1 heterocycles. The molecule has 0 aliphatic rings. The molecule has 132 valence electrons. The molecule has 2 aromatic rings. The highest BCUT2D eigenvalue weighted by Crippen LogP contribution is 2.24. The zero-order valence-corrected chi connectivity index (χ0v) is 15.8. The van der Waals surface area contributed by atoms with Crippen LogP contribution in [0.5, 0.6) is 5.75 Å². The lowest BCUT2D eigenvalue weighted by molar-refractivity contribution is 0.0941. The van der Waals surface area contributed by atoms with E-state index in [-0.39, 0.29) is 23.7 Å². The van der Waals surface area contributed by atoms with Gasteiger partial charge >= 0.3 is 0 Å². The summed E-state index contributed by atoms with van der Waals surface area (Å²) in [5.41, 5.74) is 6.92. The molecule has 7 heteroatoms. The minimum atomic E-state index is -0.182. The molecule has 0 radical (unpaired) electrons. The predicted octanol–water partition coefficient (Wildman–Crippen LogP) is 2.78. The minimum Gasteiger partial charge on any atom is -0.497 e. The summed E-state index contributed by atoms with van der Waals surface area (Å²) in [6.07, 6.45) is 0.704. The molecular weight excluding hydrogens is 346 g/mol. The van der Waals surface area contributed by atoms with Gasteiger partial charge in [-0.25, -0.2) is 4.98 Å². The van der Waals surface area contributed by atoms with Crippen molar-refractivity contribution >= 4 is 29.7 Å². The largest absolute Gasteiger partial charge is 0.497 e. The first-order chi connectivity index (χ1) is 11.0. The van der Waals surface area contributed by atoms with E-state index in [2.05, 4.69) is 24.1 Å². The van der Waals surface area contributed by atoms with E-state index < -0.39 is 0 Å². The Balaban J connectivity index is 0.00000288. The van der Waals surface area contributed by atoms with E-state index in [4.69, 9.17) is 10.5 Å². The Bertz CT molecular complexity index is 656. The van der Waals surface area contributed by atoms with Crippen molar-refractivity contribution < 1.29 is 9.53 Å². The number of ether oxygens (including phenoxy) is 1. The highest BCUT2D eigenvalue weighted by molar-refractivity contribution is 7.09. The van der Waals surface area contributed by atoms with Gasteiger partial charge in [-0.2, -0.15) is 0 Å². The topological polar surface area (TPSA) is 77.2 Å². The van der Waals surface area contributed by atoms with Gasteiger partial charge in [0.2, 0.25) is 0 Å². The number of thiazole rings is 1. The first kappa shape index (κ1) is 20.4. The summed E-state index contributed by atoms with van der Waals surface area (Å²) in [4.78, 5) is 16.5. The average Bonchev–Trinajstić information content (AvgIpc) is 3.02. The van der Waals surface area contributed by atoms with Crippen molar-refractivity contribution in [1.82, 2.24) is 10.3 Å². The van der Waals surface area contributed by atoms with E-state index in [9.17, 15) is 4.79 Å². The van der Waals surface area contributed by atoms with E-state index in [1.165, 1.54) is 11.3 Å². The van der Waals surface area contributed by atoms with Crippen molar-refractivity contribution in [2.24, 2.45) is 5.73 Å². The van der Waals surface area contributed by atoms with Crippen molar-refractivity contribution in [3.8, 4) is 5.75 Å². The number of nitrogens with one attached hydrogen (secondary N) is 1. The smallest absolute Gasteiger partial charge is 0.270 e. The molecule has 2 rings (SSSR count). The van der Waals surface area contributed by atoms with E-state index in [1.54, 1.807) is 12.5 Å². The second-order valence-corrected chi connectivity index (χ2v) is 6.90. The van der Waals surface area contributed by atoms with Gasteiger partial charge in [-0.15, -0.1) is 23.7 Å². The number of benzene rings is 1. The summed E-state index contributed by atoms with van der Waals surface area (Å²) in [5, 5.41) is 5.64. The number of hydrogen-bond acceptors (Lipinski definition) is 5. The first-order valence-electron chi connectivity index (χ1n) is 7.53. The molecule has 0 saturated carbocycles. The summed E-state index contributed by atoms with van der Waals surface area (Å²) < 4.78 is 5.17. The molecule has 3 N–H and O–H groups in total. The average molecular weight is 370 g/mol. The molecule has 0 unspecified atom stereocenters. The molecule has 1 aromatic heterocycles. The van der Waals surface area contributed by atoms with Crippen molar-refractivity contribution in [1.29, 1.82) is 0 Å². The van der Waals surface area contributed by atoms with Crippen molar-refractivity contribution in [3.63, 3.8) is 0 Å². The molecule has 0 bridgehead atoms. The third kappa shape index (κ3) is 5.19. The number of hydrogen-bond donors (Lipinski definition) is 2. The second kappa shape index (κ2) is 9.01. The van der Waals surface area contributed by atoms with Crippen LogP contribution < -0.4 is 15.8 Å². The maximum atomic E-state index is 12.2. The van der Waals surface area contributed by atoms with Crippen LogP contribution in [0.15, 0.2) is 29.6 Å². The molecule has 0 saturated heterocycles. The summed E-state index contributed by atoms with van der Waals surface area (Å²) in [6.45, 7) is 5.26. The number of rotatable bonds is 7. The Morgan fingerprint density at radius 2 is 2.00 bits per heavy atom. The van der Waals surface area contributed by atoms with Crippen LogP contribution in [0.3, 0.4) is 0 Å². The van der Waals surface area contributed by atoms with Crippen LogP contribution in [0.1, 0.15) is 34.9 Å². The van der Waals surface area contributed by atoms with Crippen molar-refractivity contribution in [2.45, 2.75) is 25.7 Å². The molecule has 0 atom stereocenters. The van der Waals surface area contributed by atoms with Gasteiger partial charge in [0.15, 0.2) is 0 Å². The third-order valence-corrected chi connectivity index (χ3v) is 4.61. The third-order valence-electron chi connectivity index (χ3n) is 3.70. The number of nitrogens with zero attached hydrogens (tertiary/aromatic N) is 1. The first-order valence-corrected chi connectivity index (χ1v) is 8.41. The molecule has 5 nitrogen and oxygen atoms in total. The molecule has 24 heavy (non-hydrogen) atoms. The molecular formula is C17H24ClN3O2S. The molecule has 0 aliphatic carbocycles. The summed E-state index contributed by atoms with van der Waals surface area (Å²) in [5.74, 6) is 0.676. The zero-order valence-electron chi connectivity index (χ0n) is 14.2. The van der Waals surface area contributed by atoms with Gasteiger partial charge in [-0.05, 0) is 24.2 Å². The number of halogens is 1. The summed E-state index contributed by atoms with van der Waals surface area (Å²) >= 11 is 1.47. The van der Waals surface area contributed by atoms with Crippen LogP contribution in [-0.2, 0) is 11.8 Å². The molecule has 1 aromatic carbocycles. The zero-order chi connectivity index (χ0) is 16.9. The number of amides is 1. The minimum absolute atomic E-state index is 0. The summed E-state index contributed by atoms with van der Waals surface area (Å²) in [6, 6.07) is 7.90.